The molecule has 0 saturated carbocycles. The lowest BCUT2D eigenvalue weighted by atomic mass is 9.94. The molecule has 1 fully saturated rings. The summed E-state index contributed by atoms with van der Waals surface area (Å²) in [7, 11) is -0.0125. The van der Waals surface area contributed by atoms with Gasteiger partial charge < -0.3 is 0 Å². The second-order valence-corrected chi connectivity index (χ2v) is 10.6. The van der Waals surface area contributed by atoms with Crippen LogP contribution in [0.25, 0.3) is 0 Å². The van der Waals surface area contributed by atoms with E-state index in [0.29, 0.717) is 5.56 Å². The molecular weight excluding hydrogens is 354 g/mol. The average Bonchev–Trinajstić information content (AvgIpc) is 2.69. The molecule has 0 aromatic heterocycles. The quantitative estimate of drug-likeness (QED) is 0.404. The van der Waals surface area contributed by atoms with Gasteiger partial charge in [-0.3, -0.25) is 0 Å². The van der Waals surface area contributed by atoms with E-state index in [1.165, 1.54) is 55.4 Å². The highest BCUT2D eigenvalue weighted by atomic mass is 28.3. The van der Waals surface area contributed by atoms with Crippen LogP contribution in [0.5, 0.6) is 0 Å². The molecule has 0 bridgehead atoms. The summed E-state index contributed by atoms with van der Waals surface area (Å²) in [5.74, 6) is 5.12. The lowest BCUT2D eigenvalue weighted by Crippen LogP contribution is -2.21. The van der Waals surface area contributed by atoms with Gasteiger partial charge in [-0.05, 0) is 54.7 Å². The van der Waals surface area contributed by atoms with Gasteiger partial charge in [0.15, 0.2) is 11.6 Å². The van der Waals surface area contributed by atoms with Gasteiger partial charge in [0.2, 0.25) is 0 Å². The molecule has 1 aliphatic rings. The summed E-state index contributed by atoms with van der Waals surface area (Å²) in [5.41, 5.74) is 2.74. The zero-order chi connectivity index (χ0) is 19.1. The van der Waals surface area contributed by atoms with E-state index >= 15 is 0 Å². The van der Waals surface area contributed by atoms with E-state index in [-0.39, 0.29) is 8.80 Å². The molecule has 0 unspecified atom stereocenters. The molecule has 2 aromatic carbocycles. The third kappa shape index (κ3) is 6.04. The number of benzene rings is 2. The zero-order valence-electron chi connectivity index (χ0n) is 16.0. The van der Waals surface area contributed by atoms with Gasteiger partial charge in [-0.15, -0.1) is 0 Å². The van der Waals surface area contributed by atoms with E-state index in [2.05, 4.69) is 30.9 Å². The Morgan fingerprint density at radius 3 is 2.26 bits per heavy atom. The first-order valence-electron chi connectivity index (χ1n) is 10.0. The molecule has 1 saturated heterocycles. The first-order valence-corrected chi connectivity index (χ1v) is 12.2. The van der Waals surface area contributed by atoms with Crippen LogP contribution in [0.15, 0.2) is 42.5 Å². The fraction of sp³-hybridized carbons (Fsp3) is 0.417. The van der Waals surface area contributed by atoms with E-state index in [4.69, 9.17) is 0 Å². The second kappa shape index (κ2) is 9.85. The second-order valence-electron chi connectivity index (χ2n) is 7.56. The summed E-state index contributed by atoms with van der Waals surface area (Å²) < 4.78 is 26.2. The average molecular weight is 382 g/mol. The predicted molar refractivity (Wildman–Crippen MR) is 110 cm³/mol. The van der Waals surface area contributed by atoms with Crippen LogP contribution in [0.1, 0.15) is 49.3 Å². The maximum Gasteiger partial charge on any atom is 0.160 e. The van der Waals surface area contributed by atoms with Crippen molar-refractivity contribution >= 4 is 8.80 Å². The Hall–Kier alpha value is -1.92. The van der Waals surface area contributed by atoms with Crippen molar-refractivity contribution in [1.82, 2.24) is 0 Å². The van der Waals surface area contributed by atoms with Crippen LogP contribution in [0.3, 0.4) is 0 Å². The highest BCUT2D eigenvalue weighted by Crippen LogP contribution is 2.30. The summed E-state index contributed by atoms with van der Waals surface area (Å²) >= 11 is 0. The van der Waals surface area contributed by atoms with Crippen molar-refractivity contribution in [2.45, 2.75) is 57.2 Å². The Morgan fingerprint density at radius 1 is 0.926 bits per heavy atom. The van der Waals surface area contributed by atoms with Crippen LogP contribution in [0.4, 0.5) is 8.78 Å². The fourth-order valence-corrected chi connectivity index (χ4v) is 6.91. The SMILES string of the molecule is CCC[Si]1CCC(CCc2ccc(C#Cc3ccc(F)c(F)c3)cc2)CC1. The molecule has 27 heavy (non-hydrogen) atoms. The molecule has 1 radical (unpaired) electrons. The van der Waals surface area contributed by atoms with E-state index in [1.54, 1.807) is 0 Å². The van der Waals surface area contributed by atoms with Crippen LogP contribution in [-0.4, -0.2) is 8.80 Å². The lowest BCUT2D eigenvalue weighted by molar-refractivity contribution is 0.437. The van der Waals surface area contributed by atoms with E-state index in [9.17, 15) is 8.78 Å². The highest BCUT2D eigenvalue weighted by molar-refractivity contribution is 6.58. The third-order valence-corrected chi connectivity index (χ3v) is 8.68. The van der Waals surface area contributed by atoms with Gasteiger partial charge in [0, 0.05) is 19.9 Å². The lowest BCUT2D eigenvalue weighted by Gasteiger charge is -2.27. The minimum absolute atomic E-state index is 0.0125. The van der Waals surface area contributed by atoms with Gasteiger partial charge in [0.25, 0.3) is 0 Å². The van der Waals surface area contributed by atoms with Crippen molar-refractivity contribution in [2.75, 3.05) is 0 Å². The predicted octanol–water partition coefficient (Wildman–Crippen LogP) is 6.61. The van der Waals surface area contributed by atoms with Crippen LogP contribution < -0.4 is 0 Å². The third-order valence-electron chi connectivity index (χ3n) is 5.48. The molecular formula is C24H27F2Si. The first-order chi connectivity index (χ1) is 13.1. The molecule has 1 aliphatic heterocycles. The van der Waals surface area contributed by atoms with Crippen molar-refractivity contribution in [2.24, 2.45) is 5.92 Å². The summed E-state index contributed by atoms with van der Waals surface area (Å²) in [6, 6.07) is 16.6. The van der Waals surface area contributed by atoms with Crippen LogP contribution >= 0.6 is 0 Å². The fourth-order valence-electron chi connectivity index (χ4n) is 3.82. The molecule has 0 spiro atoms. The normalized spacial score (nSPS) is 15.4. The molecule has 0 atom stereocenters. The zero-order valence-corrected chi connectivity index (χ0v) is 17.0. The summed E-state index contributed by atoms with van der Waals surface area (Å²) in [6.07, 6.45) is 6.67. The van der Waals surface area contributed by atoms with Crippen LogP contribution in [0, 0.1) is 29.4 Å². The maximum atomic E-state index is 13.2. The first kappa shape index (κ1) is 19.8. The van der Waals surface area contributed by atoms with Crippen LogP contribution in [0.2, 0.25) is 18.1 Å². The number of hydrogen-bond acceptors (Lipinski definition) is 0. The van der Waals surface area contributed by atoms with Gasteiger partial charge >= 0.3 is 0 Å². The van der Waals surface area contributed by atoms with Gasteiger partial charge in [0.05, 0.1) is 0 Å². The monoisotopic (exact) mass is 381 g/mol. The van der Waals surface area contributed by atoms with Crippen LogP contribution in [-0.2, 0) is 6.42 Å². The highest BCUT2D eigenvalue weighted by Gasteiger charge is 2.21. The number of rotatable bonds is 5. The molecule has 1 heterocycles. The van der Waals surface area contributed by atoms with Gasteiger partial charge in [0.1, 0.15) is 0 Å². The molecule has 141 valence electrons. The van der Waals surface area contributed by atoms with E-state index in [0.717, 1.165) is 30.0 Å². The van der Waals surface area contributed by atoms with E-state index in [1.807, 2.05) is 12.1 Å². The van der Waals surface area contributed by atoms with Crippen molar-refractivity contribution in [3.05, 3.63) is 70.8 Å². The smallest absolute Gasteiger partial charge is 0.160 e. The molecule has 3 rings (SSSR count). The molecule has 0 nitrogen and oxygen atoms in total. The van der Waals surface area contributed by atoms with Gasteiger partial charge in [-0.1, -0.05) is 68.3 Å². The topological polar surface area (TPSA) is 0 Å². The summed E-state index contributed by atoms with van der Waals surface area (Å²) in [5, 5.41) is 0. The van der Waals surface area contributed by atoms with E-state index < -0.39 is 11.6 Å². The number of aryl methyl sites for hydroxylation is 1. The largest absolute Gasteiger partial charge is 0.204 e. The molecule has 0 amide bonds. The maximum absolute atomic E-state index is 13.2. The van der Waals surface area contributed by atoms with Crippen molar-refractivity contribution in [1.29, 1.82) is 0 Å². The van der Waals surface area contributed by atoms with Crippen molar-refractivity contribution < 1.29 is 8.78 Å². The van der Waals surface area contributed by atoms with Crippen molar-refractivity contribution in [3.63, 3.8) is 0 Å². The Balaban J connectivity index is 1.49. The Kier molecular flexibility index (Phi) is 7.23. The summed E-state index contributed by atoms with van der Waals surface area (Å²) in [6.45, 7) is 2.32. The van der Waals surface area contributed by atoms with Crippen molar-refractivity contribution in [3.8, 4) is 11.8 Å². The molecule has 3 heteroatoms. The summed E-state index contributed by atoms with van der Waals surface area (Å²) in [4.78, 5) is 0. The Labute approximate surface area is 163 Å². The Morgan fingerprint density at radius 2 is 1.59 bits per heavy atom. The molecule has 2 aromatic rings. The number of halogens is 2. The molecule has 0 N–H and O–H groups in total. The van der Waals surface area contributed by atoms with Gasteiger partial charge in [-0.2, -0.15) is 0 Å². The van der Waals surface area contributed by atoms with Gasteiger partial charge in [-0.25, -0.2) is 8.78 Å². The standard InChI is InChI=1S/C24H27F2Si/c1-2-15-27-16-13-21(14-17-27)8-7-19-3-5-20(6-4-19)9-10-22-11-12-23(25)24(26)18-22/h3-6,11-12,18,21H,2,7-8,13-17H2,1H3. The minimum atomic E-state index is -0.858. The molecule has 0 aliphatic carbocycles. The number of hydrogen-bond donors (Lipinski definition) is 0. The Bertz CT molecular complexity index is 793. The minimum Gasteiger partial charge on any atom is -0.204 e.